The quantitative estimate of drug-likeness (QED) is 0.658. The second-order valence-electron chi connectivity index (χ2n) is 4.26. The summed E-state index contributed by atoms with van der Waals surface area (Å²) < 4.78 is 0. The van der Waals surface area contributed by atoms with E-state index >= 15 is 0 Å². The first kappa shape index (κ1) is 14.9. The standard InChI is InChI=1S/C13H19N5S2/c1-4-14-13(17-7-11-6-15-10(3)20-11)18-8-12-16-5-9(2)19-12/h5-6H,4,7-8H2,1-3H3,(H2,14,17,18). The summed E-state index contributed by atoms with van der Waals surface area (Å²) in [6.07, 6.45) is 3.78. The van der Waals surface area contributed by atoms with E-state index in [4.69, 9.17) is 0 Å². The van der Waals surface area contributed by atoms with Gasteiger partial charge in [0.15, 0.2) is 5.96 Å². The first-order valence-electron chi connectivity index (χ1n) is 6.52. The lowest BCUT2D eigenvalue weighted by Gasteiger charge is -2.09. The Morgan fingerprint density at radius 3 is 2.65 bits per heavy atom. The van der Waals surface area contributed by atoms with E-state index in [-0.39, 0.29) is 0 Å². The number of aliphatic imine (C=N–C) groups is 1. The van der Waals surface area contributed by atoms with Gasteiger partial charge < -0.3 is 10.6 Å². The number of thiazole rings is 2. The van der Waals surface area contributed by atoms with Crippen LogP contribution in [-0.4, -0.2) is 22.5 Å². The Labute approximate surface area is 127 Å². The molecule has 2 aromatic rings. The van der Waals surface area contributed by atoms with Crippen molar-refractivity contribution in [1.82, 2.24) is 20.6 Å². The van der Waals surface area contributed by atoms with Gasteiger partial charge in [0.1, 0.15) is 5.01 Å². The number of aryl methyl sites for hydroxylation is 2. The average molecular weight is 309 g/mol. The van der Waals surface area contributed by atoms with Crippen molar-refractivity contribution in [3.63, 3.8) is 0 Å². The van der Waals surface area contributed by atoms with E-state index in [0.29, 0.717) is 13.1 Å². The van der Waals surface area contributed by atoms with Crippen molar-refractivity contribution in [2.24, 2.45) is 4.99 Å². The fourth-order valence-corrected chi connectivity index (χ4v) is 3.07. The highest BCUT2D eigenvalue weighted by Gasteiger charge is 2.02. The van der Waals surface area contributed by atoms with Crippen LogP contribution in [0.1, 0.15) is 26.7 Å². The molecule has 0 unspecified atom stereocenters. The molecule has 0 saturated heterocycles. The van der Waals surface area contributed by atoms with Crippen LogP contribution in [0.2, 0.25) is 0 Å². The van der Waals surface area contributed by atoms with Gasteiger partial charge in [-0.25, -0.2) is 15.0 Å². The minimum atomic E-state index is 0.651. The van der Waals surface area contributed by atoms with Gasteiger partial charge in [-0.2, -0.15) is 0 Å². The molecule has 2 rings (SSSR count). The molecule has 0 aliphatic carbocycles. The number of nitrogens with one attached hydrogen (secondary N) is 2. The molecule has 0 aliphatic rings. The normalized spacial score (nSPS) is 11.7. The van der Waals surface area contributed by atoms with Crippen molar-refractivity contribution < 1.29 is 0 Å². The molecule has 2 heterocycles. The maximum absolute atomic E-state index is 4.56. The molecule has 0 radical (unpaired) electrons. The number of nitrogens with zero attached hydrogens (tertiary/aromatic N) is 3. The fourth-order valence-electron chi connectivity index (χ4n) is 1.62. The van der Waals surface area contributed by atoms with Crippen LogP contribution in [0.25, 0.3) is 0 Å². The van der Waals surface area contributed by atoms with Gasteiger partial charge >= 0.3 is 0 Å². The smallest absolute Gasteiger partial charge is 0.191 e. The van der Waals surface area contributed by atoms with E-state index in [0.717, 1.165) is 22.5 Å². The Bertz CT molecular complexity index is 573. The second kappa shape index (κ2) is 7.35. The van der Waals surface area contributed by atoms with Gasteiger partial charge in [-0.15, -0.1) is 22.7 Å². The Hall–Kier alpha value is -1.47. The maximum Gasteiger partial charge on any atom is 0.191 e. The van der Waals surface area contributed by atoms with Crippen LogP contribution in [0.4, 0.5) is 0 Å². The number of aromatic nitrogens is 2. The zero-order chi connectivity index (χ0) is 14.4. The van der Waals surface area contributed by atoms with Crippen molar-refractivity contribution in [2.75, 3.05) is 6.54 Å². The van der Waals surface area contributed by atoms with Crippen molar-refractivity contribution in [3.05, 3.63) is 32.2 Å². The number of hydrogen-bond donors (Lipinski definition) is 2. The van der Waals surface area contributed by atoms with E-state index in [2.05, 4.69) is 39.4 Å². The van der Waals surface area contributed by atoms with Crippen molar-refractivity contribution in [3.8, 4) is 0 Å². The Morgan fingerprint density at radius 1 is 1.20 bits per heavy atom. The minimum Gasteiger partial charge on any atom is -0.357 e. The van der Waals surface area contributed by atoms with E-state index in [1.807, 2.05) is 19.3 Å². The molecule has 108 valence electrons. The number of hydrogen-bond acceptors (Lipinski definition) is 5. The van der Waals surface area contributed by atoms with Gasteiger partial charge in [-0.05, 0) is 20.8 Å². The van der Waals surface area contributed by atoms with E-state index < -0.39 is 0 Å². The minimum absolute atomic E-state index is 0.651. The lowest BCUT2D eigenvalue weighted by Crippen LogP contribution is -2.36. The van der Waals surface area contributed by atoms with Crippen molar-refractivity contribution in [1.29, 1.82) is 0 Å². The third-order valence-electron chi connectivity index (χ3n) is 2.48. The molecule has 0 aromatic carbocycles. The predicted octanol–water partition coefficient (Wildman–Crippen LogP) is 2.47. The van der Waals surface area contributed by atoms with Crippen LogP contribution in [-0.2, 0) is 13.1 Å². The molecule has 0 atom stereocenters. The van der Waals surface area contributed by atoms with Crippen LogP contribution in [0.5, 0.6) is 0 Å². The zero-order valence-electron chi connectivity index (χ0n) is 11.9. The zero-order valence-corrected chi connectivity index (χ0v) is 13.6. The molecule has 0 fully saturated rings. The van der Waals surface area contributed by atoms with Gasteiger partial charge in [0, 0.05) is 28.7 Å². The lowest BCUT2D eigenvalue weighted by atomic mass is 10.5. The Balaban J connectivity index is 1.91. The molecule has 7 heteroatoms. The summed E-state index contributed by atoms with van der Waals surface area (Å²) in [5.74, 6) is 0.811. The van der Waals surface area contributed by atoms with Gasteiger partial charge in [0.2, 0.25) is 0 Å². The SMILES string of the molecule is CCNC(=NCc1cnc(C)s1)NCc1ncc(C)s1. The fraction of sp³-hybridized carbons (Fsp3) is 0.462. The summed E-state index contributed by atoms with van der Waals surface area (Å²) in [7, 11) is 0. The molecule has 0 spiro atoms. The summed E-state index contributed by atoms with van der Waals surface area (Å²) in [5, 5.41) is 8.68. The Kier molecular flexibility index (Phi) is 5.49. The number of rotatable bonds is 5. The first-order valence-corrected chi connectivity index (χ1v) is 8.15. The topological polar surface area (TPSA) is 62.2 Å². The van der Waals surface area contributed by atoms with Gasteiger partial charge in [-0.3, -0.25) is 0 Å². The molecule has 20 heavy (non-hydrogen) atoms. The molecule has 2 aromatic heterocycles. The van der Waals surface area contributed by atoms with Gasteiger partial charge in [0.25, 0.3) is 0 Å². The summed E-state index contributed by atoms with van der Waals surface area (Å²) in [6.45, 7) is 8.31. The second-order valence-corrected chi connectivity index (χ2v) is 6.90. The summed E-state index contributed by atoms with van der Waals surface area (Å²) >= 11 is 3.38. The van der Waals surface area contributed by atoms with Crippen LogP contribution in [0.15, 0.2) is 17.4 Å². The molecular weight excluding hydrogens is 290 g/mol. The predicted molar refractivity (Wildman–Crippen MR) is 85.4 cm³/mol. The van der Waals surface area contributed by atoms with Crippen LogP contribution >= 0.6 is 22.7 Å². The largest absolute Gasteiger partial charge is 0.357 e. The summed E-state index contributed by atoms with van der Waals surface area (Å²) in [5.41, 5.74) is 0. The van der Waals surface area contributed by atoms with Gasteiger partial charge in [-0.1, -0.05) is 0 Å². The highest BCUT2D eigenvalue weighted by atomic mass is 32.1. The molecule has 0 bridgehead atoms. The van der Waals surface area contributed by atoms with Crippen LogP contribution in [0.3, 0.4) is 0 Å². The monoisotopic (exact) mass is 309 g/mol. The molecule has 0 aliphatic heterocycles. The van der Waals surface area contributed by atoms with Crippen LogP contribution in [0, 0.1) is 13.8 Å². The molecule has 2 N–H and O–H groups in total. The highest BCUT2D eigenvalue weighted by Crippen LogP contribution is 2.12. The first-order chi connectivity index (χ1) is 9.67. The molecular formula is C13H19N5S2. The van der Waals surface area contributed by atoms with E-state index in [1.165, 1.54) is 9.75 Å². The average Bonchev–Trinajstić information content (AvgIpc) is 3.02. The molecule has 0 amide bonds. The maximum atomic E-state index is 4.56. The third-order valence-corrected chi connectivity index (χ3v) is 4.29. The summed E-state index contributed by atoms with van der Waals surface area (Å²) in [4.78, 5) is 15.5. The molecule has 0 saturated carbocycles. The van der Waals surface area contributed by atoms with E-state index in [9.17, 15) is 0 Å². The summed E-state index contributed by atoms with van der Waals surface area (Å²) in [6, 6.07) is 0. The number of guanidine groups is 1. The van der Waals surface area contributed by atoms with Crippen molar-refractivity contribution in [2.45, 2.75) is 33.9 Å². The van der Waals surface area contributed by atoms with Gasteiger partial charge in [0.05, 0.1) is 18.1 Å². The van der Waals surface area contributed by atoms with Crippen molar-refractivity contribution >= 4 is 28.6 Å². The Morgan fingerprint density at radius 2 is 2.05 bits per heavy atom. The van der Waals surface area contributed by atoms with E-state index in [1.54, 1.807) is 22.7 Å². The highest BCUT2D eigenvalue weighted by molar-refractivity contribution is 7.11. The van der Waals surface area contributed by atoms with Crippen LogP contribution < -0.4 is 10.6 Å². The third kappa shape index (κ3) is 4.57. The molecule has 5 nitrogen and oxygen atoms in total. The lowest BCUT2D eigenvalue weighted by molar-refractivity contribution is 0.813.